The molecule has 1 atom stereocenters. The highest BCUT2D eigenvalue weighted by molar-refractivity contribution is 7.91. The van der Waals surface area contributed by atoms with Gasteiger partial charge >= 0.3 is 5.97 Å². The summed E-state index contributed by atoms with van der Waals surface area (Å²) in [5, 5.41) is 17.6. The second-order valence-corrected chi connectivity index (χ2v) is 5.58. The zero-order valence-corrected chi connectivity index (χ0v) is 7.83. The Labute approximate surface area is 76.3 Å². The summed E-state index contributed by atoms with van der Waals surface area (Å²) in [5.74, 6) is -1.71. The molecular weight excluding hydrogens is 196 g/mol. The van der Waals surface area contributed by atoms with Crippen molar-refractivity contribution >= 4 is 15.8 Å². The van der Waals surface area contributed by atoms with Gasteiger partial charge in [-0.15, -0.1) is 0 Å². The predicted molar refractivity (Wildman–Crippen MR) is 45.0 cm³/mol. The SMILES string of the molecule is O=C(O)[C@@H](O)C1CCS(=O)(=O)CC1. The molecule has 0 amide bonds. The summed E-state index contributed by atoms with van der Waals surface area (Å²) in [4.78, 5) is 10.4. The van der Waals surface area contributed by atoms with Crippen LogP contribution in [-0.4, -0.2) is 42.2 Å². The van der Waals surface area contributed by atoms with Gasteiger partial charge in [-0.1, -0.05) is 0 Å². The van der Waals surface area contributed by atoms with E-state index in [4.69, 9.17) is 10.2 Å². The Kier molecular flexibility index (Phi) is 2.92. The van der Waals surface area contributed by atoms with Crippen molar-refractivity contribution in [3.8, 4) is 0 Å². The minimum atomic E-state index is -2.98. The van der Waals surface area contributed by atoms with Crippen molar-refractivity contribution in [2.24, 2.45) is 5.92 Å². The van der Waals surface area contributed by atoms with Crippen molar-refractivity contribution in [3.63, 3.8) is 0 Å². The van der Waals surface area contributed by atoms with Crippen LogP contribution in [0.1, 0.15) is 12.8 Å². The van der Waals surface area contributed by atoms with Gasteiger partial charge in [-0.2, -0.15) is 0 Å². The summed E-state index contributed by atoms with van der Waals surface area (Å²) in [6.07, 6.45) is -0.929. The number of aliphatic hydroxyl groups is 1. The summed E-state index contributed by atoms with van der Waals surface area (Å²) < 4.78 is 21.9. The quantitative estimate of drug-likeness (QED) is 0.623. The Balaban J connectivity index is 2.55. The minimum absolute atomic E-state index is 0.0119. The molecule has 5 nitrogen and oxygen atoms in total. The molecule has 1 heterocycles. The molecule has 0 bridgehead atoms. The van der Waals surface area contributed by atoms with Gasteiger partial charge < -0.3 is 10.2 Å². The first-order chi connectivity index (χ1) is 5.92. The van der Waals surface area contributed by atoms with Gasteiger partial charge in [-0.25, -0.2) is 13.2 Å². The van der Waals surface area contributed by atoms with E-state index < -0.39 is 27.8 Å². The molecule has 1 saturated heterocycles. The van der Waals surface area contributed by atoms with Gasteiger partial charge in [0.15, 0.2) is 6.10 Å². The van der Waals surface area contributed by atoms with E-state index in [1.807, 2.05) is 0 Å². The van der Waals surface area contributed by atoms with Gasteiger partial charge in [-0.3, -0.25) is 0 Å². The van der Waals surface area contributed by atoms with Gasteiger partial charge in [0.05, 0.1) is 11.5 Å². The topological polar surface area (TPSA) is 91.7 Å². The van der Waals surface area contributed by atoms with Crippen molar-refractivity contribution in [2.45, 2.75) is 18.9 Å². The maximum Gasteiger partial charge on any atom is 0.332 e. The number of hydrogen-bond acceptors (Lipinski definition) is 4. The standard InChI is InChI=1S/C7H12O5S/c8-6(7(9)10)5-1-3-13(11,12)4-2-5/h5-6,8H,1-4H2,(H,9,10)/t6-/m0/s1. The fourth-order valence-electron chi connectivity index (χ4n) is 1.43. The maximum absolute atomic E-state index is 11.0. The lowest BCUT2D eigenvalue weighted by molar-refractivity contribution is -0.149. The average Bonchev–Trinajstić information content (AvgIpc) is 2.03. The van der Waals surface area contributed by atoms with E-state index in [2.05, 4.69) is 0 Å². The van der Waals surface area contributed by atoms with E-state index in [9.17, 15) is 13.2 Å². The van der Waals surface area contributed by atoms with E-state index in [1.165, 1.54) is 0 Å². The lowest BCUT2D eigenvalue weighted by Gasteiger charge is -2.23. The molecule has 2 N–H and O–H groups in total. The zero-order chi connectivity index (χ0) is 10.1. The molecule has 6 heteroatoms. The fourth-order valence-corrected chi connectivity index (χ4v) is 2.95. The molecule has 0 aliphatic carbocycles. The molecule has 0 radical (unpaired) electrons. The zero-order valence-electron chi connectivity index (χ0n) is 7.01. The van der Waals surface area contributed by atoms with Crippen LogP contribution < -0.4 is 0 Å². The van der Waals surface area contributed by atoms with E-state index in [0.29, 0.717) is 0 Å². The number of aliphatic hydroxyl groups excluding tert-OH is 1. The van der Waals surface area contributed by atoms with Crippen molar-refractivity contribution < 1.29 is 23.4 Å². The summed E-state index contributed by atoms with van der Waals surface area (Å²) in [6.45, 7) is 0. The molecule has 1 aliphatic heterocycles. The molecule has 0 aromatic carbocycles. The molecule has 1 aliphatic rings. The highest BCUT2D eigenvalue weighted by Crippen LogP contribution is 2.22. The second-order valence-electron chi connectivity index (χ2n) is 3.27. The summed E-state index contributed by atoms with van der Waals surface area (Å²) in [5.41, 5.74) is 0. The van der Waals surface area contributed by atoms with E-state index >= 15 is 0 Å². The third-order valence-corrected chi connectivity index (χ3v) is 4.01. The summed E-state index contributed by atoms with van der Waals surface area (Å²) >= 11 is 0. The number of rotatable bonds is 2. The largest absolute Gasteiger partial charge is 0.479 e. The molecular formula is C7H12O5S. The van der Waals surface area contributed by atoms with E-state index in [-0.39, 0.29) is 24.3 Å². The van der Waals surface area contributed by atoms with Crippen LogP contribution in [0, 0.1) is 5.92 Å². The van der Waals surface area contributed by atoms with Gasteiger partial charge in [0.25, 0.3) is 0 Å². The van der Waals surface area contributed by atoms with Crippen LogP contribution >= 0.6 is 0 Å². The van der Waals surface area contributed by atoms with Crippen LogP contribution in [0.25, 0.3) is 0 Å². The summed E-state index contributed by atoms with van der Waals surface area (Å²) in [7, 11) is -2.98. The Morgan fingerprint density at radius 1 is 1.31 bits per heavy atom. The highest BCUT2D eigenvalue weighted by Gasteiger charge is 2.31. The normalized spacial score (nSPS) is 25.3. The molecule has 0 saturated carbocycles. The second kappa shape index (κ2) is 3.63. The Morgan fingerprint density at radius 3 is 2.15 bits per heavy atom. The maximum atomic E-state index is 11.0. The van der Waals surface area contributed by atoms with Crippen molar-refractivity contribution in [1.29, 1.82) is 0 Å². The van der Waals surface area contributed by atoms with Crippen LogP contribution in [0.15, 0.2) is 0 Å². The predicted octanol–water partition coefficient (Wildman–Crippen LogP) is -0.743. The minimum Gasteiger partial charge on any atom is -0.479 e. The Hall–Kier alpha value is -0.620. The van der Waals surface area contributed by atoms with Crippen LogP contribution in [0.2, 0.25) is 0 Å². The molecule has 13 heavy (non-hydrogen) atoms. The van der Waals surface area contributed by atoms with Crippen LogP contribution in [0.5, 0.6) is 0 Å². The monoisotopic (exact) mass is 208 g/mol. The number of aliphatic carboxylic acids is 1. The third-order valence-electron chi connectivity index (χ3n) is 2.30. The smallest absolute Gasteiger partial charge is 0.332 e. The van der Waals surface area contributed by atoms with Crippen LogP contribution in [0.4, 0.5) is 0 Å². The van der Waals surface area contributed by atoms with Crippen molar-refractivity contribution in [2.75, 3.05) is 11.5 Å². The van der Waals surface area contributed by atoms with Crippen LogP contribution in [-0.2, 0) is 14.6 Å². The van der Waals surface area contributed by atoms with E-state index in [0.717, 1.165) is 0 Å². The number of carbonyl (C=O) groups is 1. The number of sulfone groups is 1. The number of carboxylic acids is 1. The molecule has 76 valence electrons. The van der Waals surface area contributed by atoms with E-state index in [1.54, 1.807) is 0 Å². The molecule has 0 aromatic rings. The Bertz CT molecular complexity index is 280. The fraction of sp³-hybridized carbons (Fsp3) is 0.857. The molecule has 0 spiro atoms. The van der Waals surface area contributed by atoms with Crippen molar-refractivity contribution in [3.05, 3.63) is 0 Å². The average molecular weight is 208 g/mol. The van der Waals surface area contributed by atoms with Gasteiger partial charge in [0.2, 0.25) is 0 Å². The lowest BCUT2D eigenvalue weighted by atomic mass is 9.96. The van der Waals surface area contributed by atoms with Crippen LogP contribution in [0.3, 0.4) is 0 Å². The first kappa shape index (κ1) is 10.5. The number of hydrogen-bond donors (Lipinski definition) is 2. The van der Waals surface area contributed by atoms with Gasteiger partial charge in [-0.05, 0) is 18.8 Å². The molecule has 1 rings (SSSR count). The first-order valence-electron chi connectivity index (χ1n) is 4.04. The molecule has 0 aromatic heterocycles. The third kappa shape index (κ3) is 2.67. The molecule has 1 fully saturated rings. The first-order valence-corrected chi connectivity index (χ1v) is 5.86. The molecule has 0 unspecified atom stereocenters. The van der Waals surface area contributed by atoms with Gasteiger partial charge in [0, 0.05) is 0 Å². The van der Waals surface area contributed by atoms with Gasteiger partial charge in [0.1, 0.15) is 9.84 Å². The highest BCUT2D eigenvalue weighted by atomic mass is 32.2. The number of carboxylic acid groups (broad SMARTS) is 1. The lowest BCUT2D eigenvalue weighted by Crippen LogP contribution is -2.35. The van der Waals surface area contributed by atoms with Crippen molar-refractivity contribution in [1.82, 2.24) is 0 Å². The Morgan fingerprint density at radius 2 is 1.77 bits per heavy atom. The summed E-state index contributed by atoms with van der Waals surface area (Å²) in [6, 6.07) is 0.